The molecule has 0 aliphatic carbocycles. The van der Waals surface area contributed by atoms with Gasteiger partial charge in [-0.25, -0.2) is 18.2 Å². The fraction of sp³-hybridized carbons (Fsp3) is 0.600. The minimum atomic E-state index is -5.50. The molecule has 1 aromatic rings. The van der Waals surface area contributed by atoms with Crippen LogP contribution in [0, 0.1) is 0 Å². The fourth-order valence-corrected chi connectivity index (χ4v) is 6.04. The summed E-state index contributed by atoms with van der Waals surface area (Å²) in [6.07, 6.45) is -5.54. The van der Waals surface area contributed by atoms with Gasteiger partial charge in [0, 0.05) is 0 Å². The molecule has 17 nitrogen and oxygen atoms in total. The molecule has 1 aliphatic heterocycles. The molecule has 0 bridgehead atoms. The van der Waals surface area contributed by atoms with E-state index in [-0.39, 0.29) is 5.75 Å². The van der Waals surface area contributed by atoms with Crippen LogP contribution in [-0.2, 0) is 31.6 Å². The molecule has 21 heteroatoms. The van der Waals surface area contributed by atoms with Crippen molar-refractivity contribution in [1.82, 2.24) is 9.55 Å². The normalized spacial score (nSPS) is 28.1. The van der Waals surface area contributed by atoms with Crippen molar-refractivity contribution < 1.29 is 61.2 Å². The molecule has 0 spiro atoms. The summed E-state index contributed by atoms with van der Waals surface area (Å²) in [7, 11) is -13.7. The highest BCUT2D eigenvalue weighted by Gasteiger charge is 2.46. The highest BCUT2D eigenvalue weighted by Crippen LogP contribution is 2.66. The summed E-state index contributed by atoms with van der Waals surface area (Å²) >= 11 is 0. The standard InChI is InChI=1S/C10H18BN2O15P3/c1-24-4-2-13(10(17)12-8(4)16)9-7(15)6(14)5(26-9)3-25-29(11,18)27-31(22,23)28-30(19,20)21/h2,5-7,9,14-15H,3,11H2,1H3,(H,22,23)(H,12,16,17)(H2,19,20,21)/t5-,6?,7+,9-,29?/m1/s1. The third-order valence-corrected chi connectivity index (χ3v) is 8.01. The summed E-state index contributed by atoms with van der Waals surface area (Å²) in [6.45, 7) is -0.826. The monoisotopic (exact) mass is 510 g/mol. The van der Waals surface area contributed by atoms with Gasteiger partial charge in [-0.2, -0.15) is 4.31 Å². The van der Waals surface area contributed by atoms with Crippen LogP contribution in [0.15, 0.2) is 15.8 Å². The number of phosphoric acid groups is 2. The number of nitrogens with one attached hydrogen (secondary N) is 1. The van der Waals surface area contributed by atoms with Gasteiger partial charge in [0.15, 0.2) is 6.23 Å². The van der Waals surface area contributed by atoms with Crippen LogP contribution in [0.25, 0.3) is 0 Å². The van der Waals surface area contributed by atoms with Gasteiger partial charge in [0.25, 0.3) is 20.6 Å². The molecule has 31 heavy (non-hydrogen) atoms. The average molecular weight is 510 g/mol. The number of rotatable bonds is 9. The zero-order chi connectivity index (χ0) is 23.8. The molecule has 0 radical (unpaired) electrons. The molecular weight excluding hydrogens is 492 g/mol. The van der Waals surface area contributed by atoms with Crippen LogP contribution in [0.1, 0.15) is 6.23 Å². The molecule has 1 aliphatic rings. The molecule has 3 unspecified atom stereocenters. The number of hydrogen-bond donors (Lipinski definition) is 6. The van der Waals surface area contributed by atoms with Crippen molar-refractivity contribution >= 4 is 30.7 Å². The lowest BCUT2D eigenvalue weighted by Crippen LogP contribution is -2.38. The SMILES string of the molecule is BP(=O)(OC[C@H]1O[C@@H](n2cc(OC)c(=O)[nH]c2=O)[C@@H](O)C1O)OP(=O)(O)OP(=O)(O)O. The third kappa shape index (κ3) is 6.93. The Balaban J connectivity index is 2.12. The second-order valence-corrected chi connectivity index (χ2v) is 11.1. The molecule has 1 saturated heterocycles. The highest BCUT2D eigenvalue weighted by molar-refractivity contribution is 7.84. The molecule has 1 fully saturated rings. The first-order valence-corrected chi connectivity index (χ1v) is 13.0. The van der Waals surface area contributed by atoms with Gasteiger partial charge >= 0.3 is 21.3 Å². The van der Waals surface area contributed by atoms with Gasteiger partial charge < -0.3 is 38.9 Å². The number of hydrogen-bond acceptors (Lipinski definition) is 12. The second-order valence-electron chi connectivity index (χ2n) is 6.10. The minimum Gasteiger partial charge on any atom is -0.490 e. The number of aromatic amines is 1. The maximum atomic E-state index is 12.2. The number of aliphatic hydroxyl groups is 2. The van der Waals surface area contributed by atoms with E-state index in [1.54, 1.807) is 0 Å². The van der Waals surface area contributed by atoms with Crippen molar-refractivity contribution in [2.24, 2.45) is 0 Å². The summed E-state index contributed by atoms with van der Waals surface area (Å²) < 4.78 is 57.4. The topological polar surface area (TPSA) is 253 Å². The fourth-order valence-electron chi connectivity index (χ4n) is 2.47. The van der Waals surface area contributed by atoms with E-state index in [1.165, 1.54) is 0 Å². The molecule has 176 valence electrons. The largest absolute Gasteiger partial charge is 0.490 e. The predicted molar refractivity (Wildman–Crippen MR) is 99.9 cm³/mol. The first-order chi connectivity index (χ1) is 14.1. The van der Waals surface area contributed by atoms with E-state index >= 15 is 0 Å². The number of nitrogens with zero attached hydrogens (tertiary/aromatic N) is 1. The lowest BCUT2D eigenvalue weighted by Gasteiger charge is -2.21. The van der Waals surface area contributed by atoms with Gasteiger partial charge in [0.05, 0.1) is 19.9 Å². The Morgan fingerprint density at radius 2 is 1.77 bits per heavy atom. The number of ether oxygens (including phenoxy) is 2. The van der Waals surface area contributed by atoms with E-state index < -0.39 is 65.5 Å². The van der Waals surface area contributed by atoms with Crippen LogP contribution >= 0.6 is 23.1 Å². The molecule has 1 aromatic heterocycles. The van der Waals surface area contributed by atoms with E-state index in [2.05, 4.69) is 8.62 Å². The maximum Gasteiger partial charge on any atom is 0.487 e. The van der Waals surface area contributed by atoms with E-state index in [0.717, 1.165) is 13.3 Å². The molecule has 2 rings (SSSR count). The van der Waals surface area contributed by atoms with Gasteiger partial charge in [-0.15, -0.1) is 0 Å². The van der Waals surface area contributed by atoms with Crippen LogP contribution in [-0.4, -0.2) is 74.0 Å². The molecule has 2 heterocycles. The first kappa shape index (κ1) is 26.1. The van der Waals surface area contributed by atoms with Crippen molar-refractivity contribution in [2.75, 3.05) is 13.7 Å². The van der Waals surface area contributed by atoms with Gasteiger partial charge in [0.2, 0.25) is 5.75 Å². The van der Waals surface area contributed by atoms with Crippen molar-refractivity contribution in [2.45, 2.75) is 24.5 Å². The van der Waals surface area contributed by atoms with E-state index in [9.17, 15) is 38.4 Å². The highest BCUT2D eigenvalue weighted by atomic mass is 31.3. The third-order valence-electron chi connectivity index (χ3n) is 3.70. The van der Waals surface area contributed by atoms with Crippen LogP contribution in [0.4, 0.5) is 0 Å². The zero-order valence-corrected chi connectivity index (χ0v) is 18.4. The van der Waals surface area contributed by atoms with Gasteiger partial charge in [-0.05, 0) is 0 Å². The summed E-state index contributed by atoms with van der Waals surface area (Å²) in [5.74, 6) is -0.306. The lowest BCUT2D eigenvalue weighted by molar-refractivity contribution is -0.0522. The predicted octanol–water partition coefficient (Wildman–Crippen LogP) is -2.85. The second kappa shape index (κ2) is 9.39. The van der Waals surface area contributed by atoms with Crippen LogP contribution < -0.4 is 16.0 Å². The molecular formula is C10H18BN2O15P3. The number of methoxy groups -OCH3 is 1. The van der Waals surface area contributed by atoms with E-state index in [1.807, 2.05) is 4.98 Å². The number of aliphatic hydroxyl groups excluding tert-OH is 2. The quantitative estimate of drug-likeness (QED) is 0.144. The van der Waals surface area contributed by atoms with Gasteiger partial charge in [-0.1, -0.05) is 0 Å². The Hall–Kier alpha value is -1.13. The van der Waals surface area contributed by atoms with Gasteiger partial charge in [0.1, 0.15) is 18.3 Å². The number of H-pyrrole nitrogens is 1. The van der Waals surface area contributed by atoms with Crippen molar-refractivity contribution in [3.05, 3.63) is 27.0 Å². The summed E-state index contributed by atoms with van der Waals surface area (Å²) in [5, 5.41) is 20.3. The molecule has 0 aromatic carbocycles. The van der Waals surface area contributed by atoms with Crippen molar-refractivity contribution in [3.63, 3.8) is 0 Å². The maximum absolute atomic E-state index is 12.2. The Morgan fingerprint density at radius 1 is 1.16 bits per heavy atom. The van der Waals surface area contributed by atoms with E-state index in [0.29, 0.717) is 12.1 Å². The van der Waals surface area contributed by atoms with Crippen LogP contribution in [0.2, 0.25) is 0 Å². The van der Waals surface area contributed by atoms with Crippen molar-refractivity contribution in [1.29, 1.82) is 0 Å². The summed E-state index contributed by atoms with van der Waals surface area (Å²) in [5.41, 5.74) is -1.87. The van der Waals surface area contributed by atoms with Crippen LogP contribution in [0.5, 0.6) is 5.75 Å². The van der Waals surface area contributed by atoms with Crippen LogP contribution in [0.3, 0.4) is 0 Å². The first-order valence-electron chi connectivity index (χ1n) is 7.99. The number of aromatic nitrogens is 2. The zero-order valence-electron chi connectivity index (χ0n) is 15.7. The summed E-state index contributed by atoms with van der Waals surface area (Å²) in [4.78, 5) is 51.8. The molecule has 6 atom stereocenters. The van der Waals surface area contributed by atoms with Crippen molar-refractivity contribution in [3.8, 4) is 5.75 Å². The molecule has 0 amide bonds. The minimum absolute atomic E-state index is 0.306. The molecule has 0 saturated carbocycles. The average Bonchev–Trinajstić information content (AvgIpc) is 2.85. The molecule has 6 N–H and O–H groups in total. The van der Waals surface area contributed by atoms with E-state index in [4.69, 9.17) is 23.8 Å². The Labute approximate surface area is 173 Å². The van der Waals surface area contributed by atoms with Gasteiger partial charge in [-0.3, -0.25) is 18.9 Å². The lowest BCUT2D eigenvalue weighted by atomic mass is 10.1. The Kier molecular flexibility index (Phi) is 7.92. The summed E-state index contributed by atoms with van der Waals surface area (Å²) in [6, 6.07) is 0. The smallest absolute Gasteiger partial charge is 0.487 e. The Bertz CT molecular complexity index is 1070. The Morgan fingerprint density at radius 3 is 2.32 bits per heavy atom.